The molecule has 1 amide bonds. The van der Waals surface area contributed by atoms with Crippen molar-refractivity contribution >= 4 is 17.6 Å². The molecular weight excluding hydrogens is 332 g/mol. The number of aryl methyl sites for hydroxylation is 1. The van der Waals surface area contributed by atoms with Crippen LogP contribution in [-0.4, -0.2) is 32.1 Å². The zero-order valence-corrected chi connectivity index (χ0v) is 14.6. The molecule has 6 heteroatoms. The van der Waals surface area contributed by atoms with Crippen LogP contribution in [0.15, 0.2) is 54.6 Å². The highest BCUT2D eigenvalue weighted by Crippen LogP contribution is 2.14. The summed E-state index contributed by atoms with van der Waals surface area (Å²) in [6.45, 7) is -0.496. The summed E-state index contributed by atoms with van der Waals surface area (Å²) < 4.78 is 10.1. The summed E-state index contributed by atoms with van der Waals surface area (Å²) in [6, 6.07) is 18.2. The number of ether oxygens (including phenoxy) is 2. The second-order valence-electron chi connectivity index (χ2n) is 5.48. The Morgan fingerprint density at radius 1 is 1.08 bits per heavy atom. The number of carbonyl (C=O) groups excluding carboxylic acids is 2. The van der Waals surface area contributed by atoms with E-state index in [1.54, 1.807) is 31.4 Å². The fourth-order valence-corrected chi connectivity index (χ4v) is 2.33. The quantitative estimate of drug-likeness (QED) is 0.539. The number of amides is 1. The Labute approximate surface area is 152 Å². The van der Waals surface area contributed by atoms with E-state index in [1.165, 1.54) is 4.90 Å². The molecule has 6 nitrogen and oxygen atoms in total. The van der Waals surface area contributed by atoms with Gasteiger partial charge in [0.25, 0.3) is 5.91 Å². The van der Waals surface area contributed by atoms with E-state index in [2.05, 4.69) is 0 Å². The largest absolute Gasteiger partial charge is 0.497 e. The van der Waals surface area contributed by atoms with Gasteiger partial charge >= 0.3 is 5.97 Å². The highest BCUT2D eigenvalue weighted by Gasteiger charge is 2.17. The lowest BCUT2D eigenvalue weighted by Gasteiger charge is -2.19. The molecular formula is C20H20N2O4. The van der Waals surface area contributed by atoms with Gasteiger partial charge < -0.3 is 9.47 Å². The van der Waals surface area contributed by atoms with Gasteiger partial charge in [0.15, 0.2) is 6.61 Å². The minimum atomic E-state index is -0.459. The second kappa shape index (κ2) is 9.84. The number of esters is 1. The molecule has 2 aromatic carbocycles. The minimum absolute atomic E-state index is 0.105. The number of nitrogens with zero attached hydrogens (tertiary/aromatic N) is 2. The molecule has 2 aromatic rings. The van der Waals surface area contributed by atoms with Crippen LogP contribution in [0.4, 0.5) is 5.69 Å². The lowest BCUT2D eigenvalue weighted by atomic mass is 10.1. The first kappa shape index (κ1) is 19.0. The van der Waals surface area contributed by atoms with Gasteiger partial charge in [-0.05, 0) is 36.2 Å². The van der Waals surface area contributed by atoms with Gasteiger partial charge in [-0.1, -0.05) is 30.3 Å². The van der Waals surface area contributed by atoms with Crippen molar-refractivity contribution in [2.75, 3.05) is 25.2 Å². The number of benzene rings is 2. The maximum atomic E-state index is 12.3. The number of methoxy groups -OCH3 is 1. The average Bonchev–Trinajstić information content (AvgIpc) is 2.69. The third-order valence-corrected chi connectivity index (χ3v) is 3.73. The molecule has 0 bridgehead atoms. The van der Waals surface area contributed by atoms with E-state index >= 15 is 0 Å². The molecule has 0 fully saturated rings. The Morgan fingerprint density at radius 3 is 2.38 bits per heavy atom. The van der Waals surface area contributed by atoms with E-state index < -0.39 is 18.5 Å². The SMILES string of the molecule is COc1ccc(CCC(=O)OCC(=O)N(CC#N)c2ccccc2)cc1. The maximum Gasteiger partial charge on any atom is 0.306 e. The standard InChI is InChI=1S/C20H20N2O4/c1-25-18-10-7-16(8-11-18)9-12-20(24)26-15-19(23)22(14-13-21)17-5-3-2-4-6-17/h2-8,10-11H,9,12,14-15H2,1H3. The van der Waals surface area contributed by atoms with Crippen LogP contribution in [0.2, 0.25) is 0 Å². The zero-order valence-electron chi connectivity index (χ0n) is 14.6. The molecule has 0 saturated carbocycles. The van der Waals surface area contributed by atoms with Gasteiger partial charge in [-0.3, -0.25) is 14.5 Å². The normalized spacial score (nSPS) is 9.85. The van der Waals surface area contributed by atoms with Crippen LogP contribution in [0.25, 0.3) is 0 Å². The Hall–Kier alpha value is -3.33. The Balaban J connectivity index is 1.83. The van der Waals surface area contributed by atoms with Crippen LogP contribution in [-0.2, 0) is 20.7 Å². The van der Waals surface area contributed by atoms with E-state index in [1.807, 2.05) is 36.4 Å². The fraction of sp³-hybridized carbons (Fsp3) is 0.250. The maximum absolute atomic E-state index is 12.3. The van der Waals surface area contributed by atoms with Gasteiger partial charge in [0.05, 0.1) is 13.2 Å². The summed E-state index contributed by atoms with van der Waals surface area (Å²) in [7, 11) is 1.59. The molecule has 2 rings (SSSR count). The first-order valence-electron chi connectivity index (χ1n) is 8.15. The summed E-state index contributed by atoms with van der Waals surface area (Å²) in [6.07, 6.45) is 0.681. The molecule has 0 heterocycles. The topological polar surface area (TPSA) is 79.6 Å². The fourth-order valence-electron chi connectivity index (χ4n) is 2.33. The van der Waals surface area contributed by atoms with E-state index in [0.29, 0.717) is 12.1 Å². The molecule has 0 spiro atoms. The van der Waals surface area contributed by atoms with E-state index in [4.69, 9.17) is 14.7 Å². The molecule has 134 valence electrons. The number of hydrogen-bond acceptors (Lipinski definition) is 5. The Kier molecular flexibility index (Phi) is 7.19. The lowest BCUT2D eigenvalue weighted by molar-refractivity contribution is -0.147. The van der Waals surface area contributed by atoms with E-state index in [0.717, 1.165) is 11.3 Å². The van der Waals surface area contributed by atoms with Crippen molar-refractivity contribution in [1.29, 1.82) is 5.26 Å². The monoisotopic (exact) mass is 352 g/mol. The molecule has 0 aromatic heterocycles. The van der Waals surface area contributed by atoms with Gasteiger partial charge in [0, 0.05) is 12.1 Å². The van der Waals surface area contributed by atoms with Gasteiger partial charge in [-0.15, -0.1) is 0 Å². The molecule has 0 unspecified atom stereocenters. The molecule has 0 radical (unpaired) electrons. The molecule has 0 atom stereocenters. The van der Waals surface area contributed by atoms with Crippen molar-refractivity contribution < 1.29 is 19.1 Å². The van der Waals surface area contributed by atoms with Crippen LogP contribution in [0.5, 0.6) is 5.75 Å². The zero-order chi connectivity index (χ0) is 18.8. The number of para-hydroxylation sites is 1. The Bertz CT molecular complexity index is 767. The highest BCUT2D eigenvalue weighted by atomic mass is 16.5. The van der Waals surface area contributed by atoms with Gasteiger partial charge in [-0.25, -0.2) is 0 Å². The summed E-state index contributed by atoms with van der Waals surface area (Å²) in [4.78, 5) is 25.4. The number of anilines is 1. The highest BCUT2D eigenvalue weighted by molar-refractivity contribution is 5.95. The molecule has 0 N–H and O–H groups in total. The average molecular weight is 352 g/mol. The number of hydrogen-bond donors (Lipinski definition) is 0. The smallest absolute Gasteiger partial charge is 0.306 e. The van der Waals surface area contributed by atoms with Crippen LogP contribution < -0.4 is 9.64 Å². The van der Waals surface area contributed by atoms with Crippen LogP contribution in [0, 0.1) is 11.3 Å². The number of carbonyl (C=O) groups is 2. The van der Waals surface area contributed by atoms with Crippen molar-refractivity contribution in [3.8, 4) is 11.8 Å². The molecule has 0 saturated heterocycles. The van der Waals surface area contributed by atoms with Gasteiger partial charge in [0.2, 0.25) is 0 Å². The predicted octanol–water partition coefficient (Wildman–Crippen LogP) is 2.73. The molecule has 0 aliphatic rings. The van der Waals surface area contributed by atoms with Crippen LogP contribution in [0.1, 0.15) is 12.0 Å². The summed E-state index contributed by atoms with van der Waals surface area (Å²) in [5, 5.41) is 8.91. The Morgan fingerprint density at radius 2 is 1.77 bits per heavy atom. The summed E-state index contributed by atoms with van der Waals surface area (Å²) in [5.41, 5.74) is 1.57. The van der Waals surface area contributed by atoms with Crippen LogP contribution in [0.3, 0.4) is 0 Å². The van der Waals surface area contributed by atoms with Crippen molar-refractivity contribution in [1.82, 2.24) is 0 Å². The molecule has 26 heavy (non-hydrogen) atoms. The second-order valence-corrected chi connectivity index (χ2v) is 5.48. The molecule has 0 aliphatic heterocycles. The van der Waals surface area contributed by atoms with Crippen molar-refractivity contribution in [2.45, 2.75) is 12.8 Å². The van der Waals surface area contributed by atoms with Gasteiger partial charge in [-0.2, -0.15) is 5.26 Å². The third kappa shape index (κ3) is 5.64. The van der Waals surface area contributed by atoms with E-state index in [-0.39, 0.29) is 13.0 Å². The third-order valence-electron chi connectivity index (χ3n) is 3.73. The first-order valence-corrected chi connectivity index (χ1v) is 8.15. The van der Waals surface area contributed by atoms with Gasteiger partial charge in [0.1, 0.15) is 12.3 Å². The number of nitriles is 1. The predicted molar refractivity (Wildman–Crippen MR) is 96.7 cm³/mol. The van der Waals surface area contributed by atoms with Crippen molar-refractivity contribution in [3.05, 3.63) is 60.2 Å². The van der Waals surface area contributed by atoms with Crippen LogP contribution >= 0.6 is 0 Å². The number of rotatable bonds is 8. The summed E-state index contributed by atoms with van der Waals surface area (Å²) >= 11 is 0. The van der Waals surface area contributed by atoms with E-state index in [9.17, 15) is 9.59 Å². The minimum Gasteiger partial charge on any atom is -0.497 e. The molecule has 0 aliphatic carbocycles. The summed E-state index contributed by atoms with van der Waals surface area (Å²) in [5.74, 6) is -0.143. The van der Waals surface area contributed by atoms with Crippen molar-refractivity contribution in [3.63, 3.8) is 0 Å². The van der Waals surface area contributed by atoms with Crippen molar-refractivity contribution in [2.24, 2.45) is 0 Å². The lowest BCUT2D eigenvalue weighted by Crippen LogP contribution is -2.35. The first-order chi connectivity index (χ1) is 12.6.